The highest BCUT2D eigenvalue weighted by atomic mass is 28.4. The molecule has 0 amide bonds. The summed E-state index contributed by atoms with van der Waals surface area (Å²) in [6.45, 7) is 9.47. The molecule has 0 heterocycles. The normalized spacial score (nSPS) is 12.1. The molecule has 0 saturated heterocycles. The maximum absolute atomic E-state index is 6.93. The lowest BCUT2D eigenvalue weighted by molar-refractivity contribution is 0.286. The second kappa shape index (κ2) is 7.71. The van der Waals surface area contributed by atoms with Crippen molar-refractivity contribution in [1.82, 2.24) is 0 Å². The van der Waals surface area contributed by atoms with E-state index in [1.54, 1.807) is 0 Å². The number of rotatable bonds is 5. The number of hydrogen-bond donors (Lipinski definition) is 1. The smallest absolute Gasteiger partial charge is 0.261 e. The quantitative estimate of drug-likeness (QED) is 0.520. The van der Waals surface area contributed by atoms with Gasteiger partial charge in [0.2, 0.25) is 0 Å². The van der Waals surface area contributed by atoms with Gasteiger partial charge in [0, 0.05) is 5.69 Å². The van der Waals surface area contributed by atoms with E-state index in [9.17, 15) is 0 Å². The molecular weight excluding hydrogens is 346 g/mol. The summed E-state index contributed by atoms with van der Waals surface area (Å²) in [6, 6.07) is 27.7. The standard InChI is InChI=1S/C24H29NOSi/c1-19-15-16-20(17-23(19)25)18-26-27(24(2,3)4,21-11-7-5-8-12-21)22-13-9-6-10-14-22/h5-17H,18,25H2,1-4H3. The molecule has 0 spiro atoms. The summed E-state index contributed by atoms with van der Waals surface area (Å²) in [6.07, 6.45) is 0. The Bertz CT molecular complexity index is 846. The monoisotopic (exact) mass is 375 g/mol. The molecule has 0 aromatic heterocycles. The summed E-state index contributed by atoms with van der Waals surface area (Å²) in [7, 11) is -2.50. The van der Waals surface area contributed by atoms with Crippen LogP contribution in [0.2, 0.25) is 5.04 Å². The van der Waals surface area contributed by atoms with Gasteiger partial charge in [-0.15, -0.1) is 0 Å². The molecule has 0 bridgehead atoms. The van der Waals surface area contributed by atoms with Gasteiger partial charge >= 0.3 is 0 Å². The zero-order valence-electron chi connectivity index (χ0n) is 16.7. The van der Waals surface area contributed by atoms with Crippen LogP contribution >= 0.6 is 0 Å². The Labute approximate surface area is 164 Å². The van der Waals surface area contributed by atoms with Gasteiger partial charge in [0.15, 0.2) is 0 Å². The molecule has 0 saturated carbocycles. The Morgan fingerprint density at radius 1 is 0.815 bits per heavy atom. The average molecular weight is 376 g/mol. The van der Waals surface area contributed by atoms with Crippen LogP contribution in [0.3, 0.4) is 0 Å². The maximum atomic E-state index is 6.93. The van der Waals surface area contributed by atoms with E-state index >= 15 is 0 Å². The predicted molar refractivity (Wildman–Crippen MR) is 118 cm³/mol. The van der Waals surface area contributed by atoms with Crippen LogP contribution in [0.5, 0.6) is 0 Å². The van der Waals surface area contributed by atoms with Gasteiger partial charge in [-0.2, -0.15) is 0 Å². The molecule has 2 N–H and O–H groups in total. The molecule has 3 heteroatoms. The molecule has 2 nitrogen and oxygen atoms in total. The molecule has 0 aliphatic rings. The molecule has 0 radical (unpaired) electrons. The van der Waals surface area contributed by atoms with Crippen molar-refractivity contribution in [2.75, 3.05) is 5.73 Å². The third-order valence-electron chi connectivity index (χ3n) is 5.22. The van der Waals surface area contributed by atoms with Gasteiger partial charge in [0.05, 0.1) is 6.61 Å². The topological polar surface area (TPSA) is 35.2 Å². The van der Waals surface area contributed by atoms with E-state index in [1.165, 1.54) is 10.4 Å². The van der Waals surface area contributed by atoms with Gasteiger partial charge in [-0.3, -0.25) is 0 Å². The summed E-state index contributed by atoms with van der Waals surface area (Å²) in [5, 5.41) is 2.57. The summed E-state index contributed by atoms with van der Waals surface area (Å²) < 4.78 is 6.93. The van der Waals surface area contributed by atoms with Crippen LogP contribution in [0.1, 0.15) is 31.9 Å². The molecule has 0 aliphatic carbocycles. The van der Waals surface area contributed by atoms with Crippen molar-refractivity contribution in [3.8, 4) is 0 Å². The number of aryl methyl sites for hydroxylation is 1. The van der Waals surface area contributed by atoms with Gasteiger partial charge in [-0.25, -0.2) is 0 Å². The minimum absolute atomic E-state index is 0.0219. The maximum Gasteiger partial charge on any atom is 0.261 e. The van der Waals surface area contributed by atoms with Crippen LogP contribution in [0, 0.1) is 6.92 Å². The van der Waals surface area contributed by atoms with E-state index in [0.29, 0.717) is 6.61 Å². The SMILES string of the molecule is Cc1ccc(CO[Si](c2ccccc2)(c2ccccc2)C(C)(C)C)cc1N. The van der Waals surface area contributed by atoms with Crippen LogP contribution in [0.15, 0.2) is 78.9 Å². The van der Waals surface area contributed by atoms with E-state index in [2.05, 4.69) is 93.6 Å². The fourth-order valence-corrected chi connectivity index (χ4v) is 8.27. The molecule has 0 atom stereocenters. The Balaban J connectivity index is 2.10. The Morgan fingerprint density at radius 3 is 1.78 bits per heavy atom. The zero-order valence-corrected chi connectivity index (χ0v) is 17.7. The summed E-state index contributed by atoms with van der Waals surface area (Å²) >= 11 is 0. The van der Waals surface area contributed by atoms with Crippen LogP contribution in [0.25, 0.3) is 0 Å². The van der Waals surface area contributed by atoms with Crippen molar-refractivity contribution in [3.63, 3.8) is 0 Å². The van der Waals surface area contributed by atoms with Crippen LogP contribution in [-0.4, -0.2) is 8.32 Å². The van der Waals surface area contributed by atoms with E-state index < -0.39 is 8.32 Å². The fraction of sp³-hybridized carbons (Fsp3) is 0.250. The van der Waals surface area contributed by atoms with Crippen molar-refractivity contribution in [1.29, 1.82) is 0 Å². The molecular formula is C24H29NOSi. The van der Waals surface area contributed by atoms with Crippen molar-refractivity contribution >= 4 is 24.4 Å². The van der Waals surface area contributed by atoms with E-state index in [4.69, 9.17) is 10.2 Å². The van der Waals surface area contributed by atoms with Crippen molar-refractivity contribution in [3.05, 3.63) is 90.0 Å². The minimum Gasteiger partial charge on any atom is -0.403 e. The molecule has 3 rings (SSSR count). The summed E-state index contributed by atoms with van der Waals surface area (Å²) in [5.74, 6) is 0. The first-order chi connectivity index (χ1) is 12.8. The zero-order chi connectivity index (χ0) is 19.5. The average Bonchev–Trinajstić information content (AvgIpc) is 2.66. The van der Waals surface area contributed by atoms with E-state index in [0.717, 1.165) is 16.8 Å². The van der Waals surface area contributed by atoms with Crippen molar-refractivity contribution in [2.24, 2.45) is 0 Å². The second-order valence-corrected chi connectivity index (χ2v) is 12.4. The highest BCUT2D eigenvalue weighted by Crippen LogP contribution is 2.37. The van der Waals surface area contributed by atoms with Crippen LogP contribution in [0.4, 0.5) is 5.69 Å². The second-order valence-electron chi connectivity index (χ2n) is 8.14. The molecule has 3 aromatic rings. The molecule has 0 fully saturated rings. The van der Waals surface area contributed by atoms with Gasteiger partial charge in [-0.05, 0) is 39.5 Å². The van der Waals surface area contributed by atoms with Crippen molar-refractivity contribution in [2.45, 2.75) is 39.3 Å². The Hall–Kier alpha value is -2.36. The number of nitrogens with two attached hydrogens (primary N) is 1. The number of benzene rings is 3. The lowest BCUT2D eigenvalue weighted by Crippen LogP contribution is -2.66. The van der Waals surface area contributed by atoms with Gasteiger partial charge < -0.3 is 10.2 Å². The molecule has 0 aliphatic heterocycles. The lowest BCUT2D eigenvalue weighted by Gasteiger charge is -2.43. The van der Waals surface area contributed by atoms with Crippen LogP contribution in [-0.2, 0) is 11.0 Å². The van der Waals surface area contributed by atoms with Crippen molar-refractivity contribution < 1.29 is 4.43 Å². The van der Waals surface area contributed by atoms with Gasteiger partial charge in [0.25, 0.3) is 8.32 Å². The molecule has 3 aromatic carbocycles. The first-order valence-electron chi connectivity index (χ1n) is 9.44. The minimum atomic E-state index is -2.50. The fourth-order valence-electron chi connectivity index (χ4n) is 3.73. The Kier molecular flexibility index (Phi) is 5.54. The number of nitrogen functional groups attached to an aromatic ring is 1. The first-order valence-corrected chi connectivity index (χ1v) is 11.4. The highest BCUT2D eigenvalue weighted by Gasteiger charge is 2.50. The number of anilines is 1. The lowest BCUT2D eigenvalue weighted by atomic mass is 10.1. The van der Waals surface area contributed by atoms with E-state index in [1.807, 2.05) is 13.0 Å². The Morgan fingerprint density at radius 2 is 1.33 bits per heavy atom. The van der Waals surface area contributed by atoms with E-state index in [-0.39, 0.29) is 5.04 Å². The molecule has 140 valence electrons. The number of hydrogen-bond acceptors (Lipinski definition) is 2. The first kappa shape index (κ1) is 19.4. The highest BCUT2D eigenvalue weighted by molar-refractivity contribution is 6.99. The molecule has 27 heavy (non-hydrogen) atoms. The van der Waals surface area contributed by atoms with Gasteiger partial charge in [0.1, 0.15) is 0 Å². The summed E-state index contributed by atoms with van der Waals surface area (Å²) in [5.41, 5.74) is 9.16. The largest absolute Gasteiger partial charge is 0.403 e. The summed E-state index contributed by atoms with van der Waals surface area (Å²) in [4.78, 5) is 0. The van der Waals surface area contributed by atoms with Crippen LogP contribution < -0.4 is 16.1 Å². The molecule has 0 unspecified atom stereocenters. The third-order valence-corrected chi connectivity index (χ3v) is 10.2. The predicted octanol–water partition coefficient (Wildman–Crippen LogP) is 4.65. The van der Waals surface area contributed by atoms with Gasteiger partial charge in [-0.1, -0.05) is 93.6 Å². The third kappa shape index (κ3) is 3.85.